The number of phenolic OH excluding ortho intramolecular Hbond substituents is 1. The van der Waals surface area contributed by atoms with E-state index in [0.717, 1.165) is 41.5 Å². The first-order valence-electron chi connectivity index (χ1n) is 13.9. The minimum atomic E-state index is -0.254. The molecule has 1 fully saturated rings. The van der Waals surface area contributed by atoms with E-state index in [1.54, 1.807) is 6.07 Å². The summed E-state index contributed by atoms with van der Waals surface area (Å²) in [5.74, 6) is 0.0234. The highest BCUT2D eigenvalue weighted by atomic mass is 32.1. The molecule has 1 aromatic heterocycles. The molecule has 1 aliphatic rings. The molecule has 2 heterocycles. The van der Waals surface area contributed by atoms with Gasteiger partial charge in [-0.3, -0.25) is 14.6 Å². The van der Waals surface area contributed by atoms with Crippen molar-refractivity contribution in [2.75, 3.05) is 19.7 Å². The lowest BCUT2D eigenvalue weighted by atomic mass is 9.92. The molecule has 0 saturated carbocycles. The summed E-state index contributed by atoms with van der Waals surface area (Å²) in [6.45, 7) is 9.61. The molecule has 4 aromatic rings. The van der Waals surface area contributed by atoms with Gasteiger partial charge in [0.05, 0.1) is 24.8 Å². The monoisotopic (exact) mass is 555 g/mol. The van der Waals surface area contributed by atoms with Crippen molar-refractivity contribution in [2.45, 2.75) is 51.9 Å². The maximum Gasteiger partial charge on any atom is 0.311 e. The number of phenols is 1. The lowest BCUT2D eigenvalue weighted by Crippen LogP contribution is -2.56. The average Bonchev–Trinajstić information content (AvgIpc) is 3.41. The van der Waals surface area contributed by atoms with Gasteiger partial charge in [-0.15, -0.1) is 11.3 Å². The van der Waals surface area contributed by atoms with Gasteiger partial charge >= 0.3 is 5.97 Å². The van der Waals surface area contributed by atoms with Gasteiger partial charge in [0, 0.05) is 42.7 Å². The van der Waals surface area contributed by atoms with E-state index in [4.69, 9.17) is 4.74 Å². The molecule has 6 nitrogen and oxygen atoms in total. The van der Waals surface area contributed by atoms with E-state index in [1.165, 1.54) is 22.5 Å². The summed E-state index contributed by atoms with van der Waals surface area (Å²) < 4.78 is 5.06. The van der Waals surface area contributed by atoms with E-state index in [0.29, 0.717) is 18.7 Å². The van der Waals surface area contributed by atoms with Crippen LogP contribution < -0.4 is 0 Å². The number of thiazole rings is 1. The number of ether oxygens (including phenoxy) is 1. The van der Waals surface area contributed by atoms with Gasteiger partial charge in [0.2, 0.25) is 0 Å². The highest BCUT2D eigenvalue weighted by Crippen LogP contribution is 2.36. The molecule has 0 unspecified atom stereocenters. The SMILES string of the molecule is CCOC(=O)Cc1csc(-c2ccc([C@H](c3cccc(O)c3)N3C[C@@H](C)N(Cc4ccccc4)C[C@@H]3C)cc2)n1. The molecule has 0 amide bonds. The zero-order valence-corrected chi connectivity index (χ0v) is 24.2. The Kier molecular flexibility index (Phi) is 8.94. The van der Waals surface area contributed by atoms with Crippen LogP contribution in [0.1, 0.15) is 49.2 Å². The topological polar surface area (TPSA) is 65.9 Å². The molecular weight excluding hydrogens is 518 g/mol. The number of hydrogen-bond donors (Lipinski definition) is 1. The summed E-state index contributed by atoms with van der Waals surface area (Å²) >= 11 is 1.54. The molecule has 7 heteroatoms. The standard InChI is InChI=1S/C33H37N3O3S/c1-4-39-31(38)18-29-22-40-33(34-29)27-15-13-26(14-16-27)32(28-11-8-12-30(37)17-28)36-20-23(2)35(19-24(36)3)21-25-9-6-5-7-10-25/h5-17,22-24,32,37H,4,18-21H2,1-3H3/t23-,24+,32-/m1/s1. The second-order valence-electron chi connectivity index (χ2n) is 10.6. The molecule has 1 N–H and O–H groups in total. The molecule has 5 rings (SSSR count). The van der Waals surface area contributed by atoms with Gasteiger partial charge in [0.15, 0.2) is 0 Å². The predicted octanol–water partition coefficient (Wildman–Crippen LogP) is 6.31. The number of aromatic hydroxyl groups is 1. The van der Waals surface area contributed by atoms with Crippen LogP contribution >= 0.6 is 11.3 Å². The van der Waals surface area contributed by atoms with Crippen LogP contribution in [0.2, 0.25) is 0 Å². The molecule has 208 valence electrons. The Balaban J connectivity index is 1.38. The Hall–Kier alpha value is -3.52. The van der Waals surface area contributed by atoms with Crippen LogP contribution in [0.25, 0.3) is 10.6 Å². The van der Waals surface area contributed by atoms with Crippen molar-refractivity contribution in [1.29, 1.82) is 0 Å². The van der Waals surface area contributed by atoms with Crippen LogP contribution in [0.15, 0.2) is 84.2 Å². The summed E-state index contributed by atoms with van der Waals surface area (Å²) in [6, 6.07) is 27.6. The first kappa shape index (κ1) is 28.0. The fourth-order valence-electron chi connectivity index (χ4n) is 5.58. The van der Waals surface area contributed by atoms with Gasteiger partial charge in [-0.05, 0) is 49.6 Å². The zero-order valence-electron chi connectivity index (χ0n) is 23.4. The van der Waals surface area contributed by atoms with Gasteiger partial charge < -0.3 is 9.84 Å². The largest absolute Gasteiger partial charge is 0.508 e. The number of rotatable bonds is 9. The minimum Gasteiger partial charge on any atom is -0.508 e. The van der Waals surface area contributed by atoms with Crippen LogP contribution in [0.3, 0.4) is 0 Å². The van der Waals surface area contributed by atoms with E-state index < -0.39 is 0 Å². The van der Waals surface area contributed by atoms with E-state index in [-0.39, 0.29) is 24.2 Å². The zero-order chi connectivity index (χ0) is 28.1. The van der Waals surface area contributed by atoms with Crippen molar-refractivity contribution in [2.24, 2.45) is 0 Å². The molecule has 1 aliphatic heterocycles. The van der Waals surface area contributed by atoms with Gasteiger partial charge in [0.25, 0.3) is 0 Å². The number of aromatic nitrogens is 1. The van der Waals surface area contributed by atoms with E-state index in [1.807, 2.05) is 24.4 Å². The Bertz CT molecular complexity index is 1410. The average molecular weight is 556 g/mol. The Morgan fingerprint density at radius 2 is 1.77 bits per heavy atom. The Labute approximate surface area is 240 Å². The first-order valence-corrected chi connectivity index (χ1v) is 14.8. The van der Waals surface area contributed by atoms with Gasteiger partial charge in [-0.2, -0.15) is 0 Å². The molecule has 3 aromatic carbocycles. The fraction of sp³-hybridized carbons (Fsp3) is 0.333. The van der Waals surface area contributed by atoms with Crippen molar-refractivity contribution >= 4 is 17.3 Å². The third-order valence-electron chi connectivity index (χ3n) is 7.57. The minimum absolute atomic E-state index is 0.00754. The van der Waals surface area contributed by atoms with Crippen molar-refractivity contribution in [3.63, 3.8) is 0 Å². The molecule has 3 atom stereocenters. The van der Waals surface area contributed by atoms with Crippen LogP contribution in [-0.4, -0.2) is 57.6 Å². The van der Waals surface area contributed by atoms with Gasteiger partial charge in [0.1, 0.15) is 10.8 Å². The second-order valence-corrected chi connectivity index (χ2v) is 11.4. The van der Waals surface area contributed by atoms with E-state index in [2.05, 4.69) is 89.3 Å². The molecule has 0 aliphatic carbocycles. The van der Waals surface area contributed by atoms with Gasteiger partial charge in [-0.1, -0.05) is 66.7 Å². The molecular formula is C33H37N3O3S. The van der Waals surface area contributed by atoms with Crippen LogP contribution in [0, 0.1) is 0 Å². The quantitative estimate of drug-likeness (QED) is 0.244. The highest BCUT2D eigenvalue weighted by molar-refractivity contribution is 7.13. The van der Waals surface area contributed by atoms with Crippen molar-refractivity contribution in [3.8, 4) is 16.3 Å². The summed E-state index contributed by atoms with van der Waals surface area (Å²) in [5, 5.41) is 13.2. The van der Waals surface area contributed by atoms with Crippen molar-refractivity contribution < 1.29 is 14.6 Å². The molecule has 1 saturated heterocycles. The van der Waals surface area contributed by atoms with Crippen LogP contribution in [-0.2, 0) is 22.5 Å². The summed E-state index contributed by atoms with van der Waals surface area (Å²) in [6.07, 6.45) is 0.189. The fourth-order valence-corrected chi connectivity index (χ4v) is 6.41. The molecule has 40 heavy (non-hydrogen) atoms. The lowest BCUT2D eigenvalue weighted by Gasteiger charge is -2.47. The second kappa shape index (κ2) is 12.8. The number of nitrogens with zero attached hydrogens (tertiary/aromatic N) is 3. The summed E-state index contributed by atoms with van der Waals surface area (Å²) in [4.78, 5) is 21.7. The summed E-state index contributed by atoms with van der Waals surface area (Å²) in [5.41, 5.74) is 5.34. The van der Waals surface area contributed by atoms with Crippen LogP contribution in [0.5, 0.6) is 5.75 Å². The highest BCUT2D eigenvalue weighted by Gasteiger charge is 2.35. The lowest BCUT2D eigenvalue weighted by molar-refractivity contribution is -0.142. The predicted molar refractivity (Wildman–Crippen MR) is 160 cm³/mol. The smallest absolute Gasteiger partial charge is 0.311 e. The Morgan fingerprint density at radius 3 is 2.50 bits per heavy atom. The summed E-state index contributed by atoms with van der Waals surface area (Å²) in [7, 11) is 0. The maximum atomic E-state index is 11.9. The number of benzene rings is 3. The number of piperazine rings is 1. The van der Waals surface area contributed by atoms with Gasteiger partial charge in [-0.25, -0.2) is 4.98 Å². The maximum absolute atomic E-state index is 11.9. The first-order chi connectivity index (χ1) is 19.4. The normalized spacial score (nSPS) is 18.9. The number of carbonyl (C=O) groups is 1. The molecule has 0 bridgehead atoms. The third-order valence-corrected chi connectivity index (χ3v) is 8.51. The van der Waals surface area contributed by atoms with Crippen molar-refractivity contribution in [1.82, 2.24) is 14.8 Å². The number of hydrogen-bond acceptors (Lipinski definition) is 7. The molecule has 0 radical (unpaired) electrons. The molecule has 0 spiro atoms. The van der Waals surface area contributed by atoms with E-state index >= 15 is 0 Å². The third kappa shape index (κ3) is 6.61. The number of carbonyl (C=O) groups excluding carboxylic acids is 1. The van der Waals surface area contributed by atoms with Crippen LogP contribution in [0.4, 0.5) is 0 Å². The van der Waals surface area contributed by atoms with Crippen molar-refractivity contribution in [3.05, 3.63) is 107 Å². The number of esters is 1. The van der Waals surface area contributed by atoms with E-state index in [9.17, 15) is 9.90 Å². The Morgan fingerprint density at radius 1 is 1.00 bits per heavy atom.